The summed E-state index contributed by atoms with van der Waals surface area (Å²) in [6.45, 7) is 13.5. The average molecular weight is 645 g/mol. The molecule has 3 aromatic heterocycles. The highest BCUT2D eigenvalue weighted by Crippen LogP contribution is 2.38. The van der Waals surface area contributed by atoms with E-state index in [1.165, 1.54) is 23.5 Å². The SMILES string of the molecule is CCc1nc2c(C)cc(N3CCN(CCC(=O)CN4CC(O)C4)C(C)(C)C3)cn2c1N(C)c1nc(-c2ccc(F)cc2)c(C#N)s1. The van der Waals surface area contributed by atoms with Crippen LogP contribution < -0.4 is 9.80 Å². The lowest BCUT2D eigenvalue weighted by Gasteiger charge is -2.48. The van der Waals surface area contributed by atoms with Gasteiger partial charge in [-0.1, -0.05) is 18.3 Å². The first-order valence-corrected chi connectivity index (χ1v) is 16.6. The molecule has 4 aromatic rings. The van der Waals surface area contributed by atoms with Gasteiger partial charge in [-0.2, -0.15) is 5.26 Å². The Bertz CT molecular complexity index is 1790. The van der Waals surface area contributed by atoms with E-state index in [0.717, 1.165) is 61.0 Å². The van der Waals surface area contributed by atoms with Crippen molar-refractivity contribution >= 4 is 39.4 Å². The van der Waals surface area contributed by atoms with Crippen molar-refractivity contribution in [1.29, 1.82) is 5.26 Å². The molecule has 0 aliphatic carbocycles. The number of hydrogen-bond acceptors (Lipinski definition) is 10. The van der Waals surface area contributed by atoms with Gasteiger partial charge in [-0.25, -0.2) is 14.4 Å². The Morgan fingerprint density at radius 3 is 2.61 bits per heavy atom. The van der Waals surface area contributed by atoms with Crippen LogP contribution >= 0.6 is 11.3 Å². The van der Waals surface area contributed by atoms with Gasteiger partial charge in [0.25, 0.3) is 0 Å². The standard InChI is InChI=1S/C34H41FN8O2S/c1-6-28-32(39(5)33-38-30(29(16-36)46-33)23-7-9-24(35)10-8-23)43-17-25(15-22(2)31(43)37-28)41-13-14-42(34(3,4)21-41)12-11-26(44)18-40-19-27(45)20-40/h7-10,15,17,27,45H,6,11-14,18-21H2,1-5H3. The number of halogens is 1. The minimum atomic E-state index is -0.334. The van der Waals surface area contributed by atoms with Gasteiger partial charge in [0, 0.05) is 70.0 Å². The maximum absolute atomic E-state index is 13.6. The number of hydrogen-bond donors (Lipinski definition) is 1. The normalized spacial score (nSPS) is 17.3. The van der Waals surface area contributed by atoms with Gasteiger partial charge in [0.1, 0.15) is 39.7 Å². The molecule has 0 bridgehead atoms. The van der Waals surface area contributed by atoms with Crippen molar-refractivity contribution in [3.63, 3.8) is 0 Å². The van der Waals surface area contributed by atoms with Gasteiger partial charge in [0.05, 0.1) is 24.0 Å². The Morgan fingerprint density at radius 2 is 1.96 bits per heavy atom. The molecule has 1 N–H and O–H groups in total. The summed E-state index contributed by atoms with van der Waals surface area (Å²) < 4.78 is 15.7. The first-order chi connectivity index (χ1) is 22.0. The van der Waals surface area contributed by atoms with Crippen molar-refractivity contribution in [2.45, 2.75) is 52.2 Å². The molecule has 2 aliphatic rings. The Kier molecular flexibility index (Phi) is 8.87. The number of thiazole rings is 1. The van der Waals surface area contributed by atoms with E-state index in [2.05, 4.69) is 60.2 Å². The number of nitrogens with zero attached hydrogens (tertiary/aromatic N) is 8. The number of aliphatic hydroxyl groups excluding tert-OH is 1. The van der Waals surface area contributed by atoms with E-state index < -0.39 is 0 Å². The van der Waals surface area contributed by atoms with Crippen molar-refractivity contribution in [1.82, 2.24) is 24.2 Å². The average Bonchev–Trinajstić information content (AvgIpc) is 3.61. The fourth-order valence-electron chi connectivity index (χ4n) is 6.60. The highest BCUT2D eigenvalue weighted by Gasteiger charge is 2.35. The van der Waals surface area contributed by atoms with E-state index in [-0.39, 0.29) is 23.2 Å². The lowest BCUT2D eigenvalue weighted by atomic mass is 9.97. The molecule has 0 amide bonds. The highest BCUT2D eigenvalue weighted by molar-refractivity contribution is 7.16. The van der Waals surface area contributed by atoms with Crippen LogP contribution in [-0.2, 0) is 11.2 Å². The molecule has 6 rings (SSSR count). The molecule has 2 aliphatic heterocycles. The zero-order valence-electron chi connectivity index (χ0n) is 27.1. The lowest BCUT2D eigenvalue weighted by Crippen LogP contribution is -2.60. The van der Waals surface area contributed by atoms with Gasteiger partial charge < -0.3 is 14.9 Å². The van der Waals surface area contributed by atoms with Crippen LogP contribution in [-0.4, -0.2) is 99.6 Å². The van der Waals surface area contributed by atoms with E-state index in [4.69, 9.17) is 9.97 Å². The minimum Gasteiger partial charge on any atom is -0.390 e. The number of rotatable bonds is 10. The van der Waals surface area contributed by atoms with E-state index >= 15 is 0 Å². The van der Waals surface area contributed by atoms with Crippen LogP contribution in [0.5, 0.6) is 0 Å². The van der Waals surface area contributed by atoms with Crippen LogP contribution in [0.25, 0.3) is 16.9 Å². The van der Waals surface area contributed by atoms with Crippen LogP contribution in [0.2, 0.25) is 0 Å². The predicted molar refractivity (Wildman–Crippen MR) is 180 cm³/mol. The third kappa shape index (κ3) is 6.25. The van der Waals surface area contributed by atoms with Gasteiger partial charge >= 0.3 is 0 Å². The van der Waals surface area contributed by atoms with E-state index in [1.54, 1.807) is 12.1 Å². The zero-order valence-corrected chi connectivity index (χ0v) is 27.9. The number of Topliss-reactive ketones (excluding diaryl/α,β-unsaturated/α-hetero) is 1. The monoisotopic (exact) mass is 644 g/mol. The molecular formula is C34H41FN8O2S. The first kappa shape index (κ1) is 32.1. The summed E-state index contributed by atoms with van der Waals surface area (Å²) in [4.78, 5) is 31.7. The zero-order chi connectivity index (χ0) is 32.7. The van der Waals surface area contributed by atoms with Gasteiger partial charge in [-0.05, 0) is 63.1 Å². The highest BCUT2D eigenvalue weighted by atomic mass is 32.1. The second-order valence-corrected chi connectivity index (χ2v) is 14.0. The quantitative estimate of drug-likeness (QED) is 0.264. The van der Waals surface area contributed by atoms with Crippen molar-refractivity contribution in [3.8, 4) is 17.3 Å². The summed E-state index contributed by atoms with van der Waals surface area (Å²) in [5.41, 5.74) is 5.08. The number of aliphatic hydroxyl groups is 1. The first-order valence-electron chi connectivity index (χ1n) is 15.8. The molecular weight excluding hydrogens is 603 g/mol. The summed E-state index contributed by atoms with van der Waals surface area (Å²) >= 11 is 1.31. The number of likely N-dealkylation sites (tertiary alicyclic amines) is 1. The summed E-state index contributed by atoms with van der Waals surface area (Å²) in [5.74, 6) is 0.790. The fourth-order valence-corrected chi connectivity index (χ4v) is 7.45. The topological polar surface area (TPSA) is 104 Å². The molecule has 242 valence electrons. The van der Waals surface area contributed by atoms with Gasteiger partial charge in [-0.3, -0.25) is 19.0 Å². The van der Waals surface area contributed by atoms with Crippen LogP contribution in [0.15, 0.2) is 36.5 Å². The number of anilines is 3. The maximum Gasteiger partial charge on any atom is 0.192 e. The van der Waals surface area contributed by atoms with Crippen LogP contribution in [0, 0.1) is 24.1 Å². The Morgan fingerprint density at radius 1 is 1.22 bits per heavy atom. The lowest BCUT2D eigenvalue weighted by molar-refractivity contribution is -0.123. The molecule has 46 heavy (non-hydrogen) atoms. The van der Waals surface area contributed by atoms with Gasteiger partial charge in [0.15, 0.2) is 5.13 Å². The number of piperazine rings is 1. The third-order valence-electron chi connectivity index (χ3n) is 9.15. The molecule has 0 radical (unpaired) electrons. The van der Waals surface area contributed by atoms with Crippen molar-refractivity contribution < 1.29 is 14.3 Å². The fraction of sp³-hybridized carbons (Fsp3) is 0.471. The summed E-state index contributed by atoms with van der Waals surface area (Å²) in [5, 5.41) is 20.1. The predicted octanol–water partition coefficient (Wildman–Crippen LogP) is 4.64. The van der Waals surface area contributed by atoms with Crippen LogP contribution in [0.3, 0.4) is 0 Å². The summed E-state index contributed by atoms with van der Waals surface area (Å²) in [6, 6.07) is 10.5. The number of nitriles is 1. The number of β-amino-alcohol motifs (C(OH)–C–C–N with tert-alkyl or cyclic N) is 1. The molecule has 10 nitrogen and oxygen atoms in total. The van der Waals surface area contributed by atoms with Gasteiger partial charge in [0.2, 0.25) is 0 Å². The molecule has 0 spiro atoms. The molecule has 0 saturated carbocycles. The number of pyridine rings is 1. The third-order valence-corrected chi connectivity index (χ3v) is 10.2. The number of ketones is 1. The van der Waals surface area contributed by atoms with Crippen molar-refractivity contribution in [3.05, 3.63) is 58.5 Å². The molecule has 5 heterocycles. The summed E-state index contributed by atoms with van der Waals surface area (Å²) in [7, 11) is 1.95. The number of aromatic nitrogens is 3. The smallest absolute Gasteiger partial charge is 0.192 e. The summed E-state index contributed by atoms with van der Waals surface area (Å²) in [6.07, 6.45) is 3.09. The molecule has 0 atom stereocenters. The Balaban J connectivity index is 1.24. The van der Waals surface area contributed by atoms with Crippen LogP contribution in [0.4, 0.5) is 21.0 Å². The van der Waals surface area contributed by atoms with E-state index in [1.807, 2.05) is 16.8 Å². The number of fused-ring (bicyclic) bond motifs is 1. The Hall–Kier alpha value is -3.89. The van der Waals surface area contributed by atoms with Crippen molar-refractivity contribution in [2.24, 2.45) is 0 Å². The molecule has 2 saturated heterocycles. The van der Waals surface area contributed by atoms with Gasteiger partial charge in [-0.15, -0.1) is 0 Å². The van der Waals surface area contributed by atoms with Crippen LogP contribution in [0.1, 0.15) is 43.3 Å². The number of carbonyl (C=O) groups is 1. The van der Waals surface area contributed by atoms with E-state index in [9.17, 15) is 19.6 Å². The molecule has 12 heteroatoms. The maximum atomic E-state index is 13.6. The van der Waals surface area contributed by atoms with Crippen molar-refractivity contribution in [2.75, 3.05) is 62.7 Å². The Labute approximate surface area is 273 Å². The minimum absolute atomic E-state index is 0.136. The number of benzene rings is 1. The van der Waals surface area contributed by atoms with E-state index in [0.29, 0.717) is 47.3 Å². The number of carbonyl (C=O) groups excluding carboxylic acids is 1. The second-order valence-electron chi connectivity index (χ2n) is 13.0. The molecule has 2 fully saturated rings. The molecule has 0 unspecified atom stereocenters. The molecule has 1 aromatic carbocycles. The second kappa shape index (κ2) is 12.7. The number of aryl methyl sites for hydroxylation is 2. The number of imidazole rings is 1. The largest absolute Gasteiger partial charge is 0.390 e.